The smallest absolute Gasteiger partial charge is 0.410 e. The summed E-state index contributed by atoms with van der Waals surface area (Å²) in [6, 6.07) is 18.6. The fourth-order valence-electron chi connectivity index (χ4n) is 4.36. The Bertz CT molecular complexity index is 1090. The largest absolute Gasteiger partial charge is 0.463 e. The van der Waals surface area contributed by atoms with Crippen LogP contribution in [0.25, 0.3) is 0 Å². The van der Waals surface area contributed by atoms with E-state index in [2.05, 4.69) is 0 Å². The van der Waals surface area contributed by atoms with Crippen LogP contribution in [0.4, 0.5) is 9.59 Å². The summed E-state index contributed by atoms with van der Waals surface area (Å²) < 4.78 is 15.3. The maximum absolute atomic E-state index is 12.2. The molecule has 0 unspecified atom stereocenters. The second-order valence-corrected chi connectivity index (χ2v) is 9.13. The number of nitrogens with zero attached hydrogens (tertiary/aromatic N) is 2. The minimum atomic E-state index is -0.400. The van der Waals surface area contributed by atoms with Gasteiger partial charge < -0.3 is 23.9 Å². The third-order valence-electron chi connectivity index (χ3n) is 6.38. The number of hydrogen-bond donors (Lipinski definition) is 0. The van der Waals surface area contributed by atoms with E-state index in [4.69, 9.17) is 14.2 Å². The monoisotopic (exact) mass is 536 g/mol. The minimum absolute atomic E-state index is 0.104. The van der Waals surface area contributed by atoms with Crippen molar-refractivity contribution < 1.29 is 33.4 Å². The molecular weight excluding hydrogens is 500 g/mol. The van der Waals surface area contributed by atoms with Gasteiger partial charge in [0.25, 0.3) is 0 Å². The van der Waals surface area contributed by atoms with E-state index >= 15 is 0 Å². The van der Waals surface area contributed by atoms with E-state index < -0.39 is 6.09 Å². The first-order chi connectivity index (χ1) is 19.0. The molecule has 2 fully saturated rings. The molecule has 0 bridgehead atoms. The SMILES string of the molecule is CCOC(=O)C=C[C@H]1CCCN1C(=O)OCc1ccccc1.O=C[C@H]1CCCN1C(=O)OCc1ccccc1. The van der Waals surface area contributed by atoms with Crippen molar-refractivity contribution in [3.63, 3.8) is 0 Å². The highest BCUT2D eigenvalue weighted by Gasteiger charge is 2.29. The van der Waals surface area contributed by atoms with Gasteiger partial charge in [-0.2, -0.15) is 0 Å². The number of amides is 2. The standard InChI is InChI=1S/C17H21NO4.C13H15NO3/c1-2-21-16(19)11-10-15-9-6-12-18(15)17(20)22-13-14-7-4-3-5-8-14;15-9-12-7-4-8-14(12)13(16)17-10-11-5-2-1-3-6-11/h3-5,7-8,10-11,15H,2,6,9,12-13H2,1H3;1-3,5-6,9,12H,4,7-8,10H2/t15-;12-/m11/s1. The van der Waals surface area contributed by atoms with Crippen molar-refractivity contribution in [2.75, 3.05) is 19.7 Å². The van der Waals surface area contributed by atoms with E-state index in [0.29, 0.717) is 19.7 Å². The quantitative estimate of drug-likeness (QED) is 0.205. The molecule has 0 spiro atoms. The van der Waals surface area contributed by atoms with Crippen LogP contribution in [-0.4, -0.2) is 66.0 Å². The van der Waals surface area contributed by atoms with Gasteiger partial charge in [0.05, 0.1) is 18.7 Å². The van der Waals surface area contributed by atoms with Gasteiger partial charge in [0.2, 0.25) is 0 Å². The number of esters is 1. The predicted octanol–water partition coefficient (Wildman–Crippen LogP) is 4.89. The van der Waals surface area contributed by atoms with E-state index in [1.54, 1.807) is 17.9 Å². The Hall–Kier alpha value is -4.14. The molecule has 39 heavy (non-hydrogen) atoms. The number of ether oxygens (including phenoxy) is 3. The molecule has 4 rings (SSSR count). The summed E-state index contributed by atoms with van der Waals surface area (Å²) in [7, 11) is 0. The zero-order chi connectivity index (χ0) is 27.9. The highest BCUT2D eigenvalue weighted by atomic mass is 16.6. The second kappa shape index (κ2) is 16.0. The first kappa shape index (κ1) is 29.4. The summed E-state index contributed by atoms with van der Waals surface area (Å²) >= 11 is 0. The van der Waals surface area contributed by atoms with Gasteiger partial charge in [0, 0.05) is 19.2 Å². The van der Waals surface area contributed by atoms with E-state index in [1.807, 2.05) is 60.7 Å². The Labute approximate surface area is 229 Å². The number of aldehydes is 1. The number of hydrogen-bond acceptors (Lipinski definition) is 7. The molecule has 2 atom stereocenters. The zero-order valence-electron chi connectivity index (χ0n) is 22.3. The Morgan fingerprint density at radius 1 is 0.769 bits per heavy atom. The summed E-state index contributed by atoms with van der Waals surface area (Å²) in [5.41, 5.74) is 1.90. The number of benzene rings is 2. The zero-order valence-corrected chi connectivity index (χ0v) is 22.3. The molecule has 0 radical (unpaired) electrons. The van der Waals surface area contributed by atoms with Crippen LogP contribution in [0, 0.1) is 0 Å². The van der Waals surface area contributed by atoms with Crippen LogP contribution < -0.4 is 0 Å². The molecule has 2 aliphatic rings. The highest BCUT2D eigenvalue weighted by molar-refractivity contribution is 5.82. The lowest BCUT2D eigenvalue weighted by molar-refractivity contribution is -0.137. The Morgan fingerprint density at radius 2 is 1.26 bits per heavy atom. The van der Waals surface area contributed by atoms with Gasteiger partial charge in [-0.25, -0.2) is 14.4 Å². The molecule has 2 heterocycles. The van der Waals surface area contributed by atoms with E-state index in [0.717, 1.165) is 43.1 Å². The third-order valence-corrected chi connectivity index (χ3v) is 6.38. The van der Waals surface area contributed by atoms with E-state index in [-0.39, 0.29) is 37.4 Å². The van der Waals surface area contributed by atoms with Crippen molar-refractivity contribution in [2.24, 2.45) is 0 Å². The fraction of sp³-hybridized carbons (Fsp3) is 0.400. The average Bonchev–Trinajstić information content (AvgIpc) is 3.65. The van der Waals surface area contributed by atoms with Crippen molar-refractivity contribution in [1.29, 1.82) is 0 Å². The van der Waals surface area contributed by atoms with Gasteiger partial charge in [-0.05, 0) is 43.7 Å². The van der Waals surface area contributed by atoms with E-state index in [1.165, 1.54) is 11.0 Å². The summed E-state index contributed by atoms with van der Waals surface area (Å²) in [6.07, 6.45) is 6.51. The number of carbonyl (C=O) groups is 4. The van der Waals surface area contributed by atoms with Crippen molar-refractivity contribution in [3.8, 4) is 0 Å². The first-order valence-corrected chi connectivity index (χ1v) is 13.3. The van der Waals surface area contributed by atoms with Crippen molar-refractivity contribution in [1.82, 2.24) is 9.80 Å². The van der Waals surface area contributed by atoms with Crippen LogP contribution in [0.2, 0.25) is 0 Å². The van der Waals surface area contributed by atoms with Crippen molar-refractivity contribution in [3.05, 3.63) is 83.9 Å². The van der Waals surface area contributed by atoms with Crippen LogP contribution in [0.5, 0.6) is 0 Å². The Kier molecular flexibility index (Phi) is 12.0. The van der Waals surface area contributed by atoms with Crippen LogP contribution in [0.15, 0.2) is 72.8 Å². The van der Waals surface area contributed by atoms with Gasteiger partial charge in [0.1, 0.15) is 19.5 Å². The molecule has 0 aromatic heterocycles. The number of rotatable bonds is 8. The lowest BCUT2D eigenvalue weighted by Crippen LogP contribution is -2.36. The molecule has 9 nitrogen and oxygen atoms in total. The predicted molar refractivity (Wildman–Crippen MR) is 145 cm³/mol. The molecule has 208 valence electrons. The summed E-state index contributed by atoms with van der Waals surface area (Å²) in [5.74, 6) is -0.382. The summed E-state index contributed by atoms with van der Waals surface area (Å²) in [5, 5.41) is 0. The molecule has 0 aliphatic carbocycles. The number of carbonyl (C=O) groups excluding carboxylic acids is 4. The van der Waals surface area contributed by atoms with Crippen molar-refractivity contribution in [2.45, 2.75) is 57.9 Å². The maximum Gasteiger partial charge on any atom is 0.410 e. The maximum atomic E-state index is 12.2. The van der Waals surface area contributed by atoms with Gasteiger partial charge in [-0.3, -0.25) is 4.90 Å². The second-order valence-electron chi connectivity index (χ2n) is 9.13. The molecule has 2 aromatic carbocycles. The molecule has 0 N–H and O–H groups in total. The first-order valence-electron chi connectivity index (χ1n) is 13.3. The van der Waals surface area contributed by atoms with Gasteiger partial charge in [-0.1, -0.05) is 66.7 Å². The van der Waals surface area contributed by atoms with Gasteiger partial charge in [0.15, 0.2) is 0 Å². The highest BCUT2D eigenvalue weighted by Crippen LogP contribution is 2.20. The van der Waals surface area contributed by atoms with Gasteiger partial charge in [-0.15, -0.1) is 0 Å². The average molecular weight is 537 g/mol. The lowest BCUT2D eigenvalue weighted by atomic mass is 10.2. The summed E-state index contributed by atoms with van der Waals surface area (Å²) in [6.45, 7) is 3.86. The Balaban J connectivity index is 0.000000223. The number of likely N-dealkylation sites (tertiary alicyclic amines) is 2. The molecule has 2 aliphatic heterocycles. The van der Waals surface area contributed by atoms with Crippen LogP contribution in [-0.2, 0) is 37.0 Å². The van der Waals surface area contributed by atoms with Crippen LogP contribution in [0.3, 0.4) is 0 Å². The normalized spacial score (nSPS) is 18.3. The van der Waals surface area contributed by atoms with Crippen LogP contribution >= 0.6 is 0 Å². The Morgan fingerprint density at radius 3 is 1.74 bits per heavy atom. The molecule has 2 amide bonds. The van der Waals surface area contributed by atoms with Crippen LogP contribution in [0.1, 0.15) is 43.7 Å². The third kappa shape index (κ3) is 9.59. The fourth-order valence-corrected chi connectivity index (χ4v) is 4.36. The molecule has 2 saturated heterocycles. The molecular formula is C30H36N2O7. The van der Waals surface area contributed by atoms with E-state index in [9.17, 15) is 19.2 Å². The van der Waals surface area contributed by atoms with Crippen molar-refractivity contribution >= 4 is 24.4 Å². The molecule has 2 aromatic rings. The summed E-state index contributed by atoms with van der Waals surface area (Å²) in [4.78, 5) is 49.1. The topological polar surface area (TPSA) is 102 Å². The molecule has 9 heteroatoms. The lowest BCUT2D eigenvalue weighted by Gasteiger charge is -2.21. The molecule has 0 saturated carbocycles. The minimum Gasteiger partial charge on any atom is -0.463 e. The van der Waals surface area contributed by atoms with Gasteiger partial charge >= 0.3 is 18.2 Å².